The molecule has 6 nitrogen and oxygen atoms in total. The number of hydrogen-bond acceptors (Lipinski definition) is 4. The van der Waals surface area contributed by atoms with Gasteiger partial charge in [-0.3, -0.25) is 4.79 Å². The standard InChI is InChI=1S/C17H17FN4O2/c1-2-9-19-15(23)11-22-10-3-4-14(22)17-20-16(21-24-17)12-5-7-13(18)8-6-12/h3-8,10H,2,9,11H2,1H3,(H,19,23). The largest absolute Gasteiger partial charge is 0.355 e. The summed E-state index contributed by atoms with van der Waals surface area (Å²) in [7, 11) is 0. The molecule has 1 amide bonds. The summed E-state index contributed by atoms with van der Waals surface area (Å²) in [5, 5.41) is 6.74. The number of nitrogens with zero attached hydrogens (tertiary/aromatic N) is 3. The van der Waals surface area contributed by atoms with E-state index in [0.29, 0.717) is 29.5 Å². The van der Waals surface area contributed by atoms with Crippen LogP contribution in [0.15, 0.2) is 47.1 Å². The minimum absolute atomic E-state index is 0.0763. The first-order valence-corrected chi connectivity index (χ1v) is 7.69. The lowest BCUT2D eigenvalue weighted by atomic mass is 10.2. The van der Waals surface area contributed by atoms with Crippen LogP contribution >= 0.6 is 0 Å². The summed E-state index contributed by atoms with van der Waals surface area (Å²) in [6, 6.07) is 9.46. The summed E-state index contributed by atoms with van der Waals surface area (Å²) in [6.45, 7) is 2.82. The van der Waals surface area contributed by atoms with Crippen molar-refractivity contribution in [3.8, 4) is 23.0 Å². The third-order valence-electron chi connectivity index (χ3n) is 3.46. The number of halogens is 1. The molecule has 3 rings (SSSR count). The summed E-state index contributed by atoms with van der Waals surface area (Å²) in [5.41, 5.74) is 1.31. The Morgan fingerprint density at radius 1 is 1.29 bits per heavy atom. The molecule has 0 spiro atoms. The summed E-state index contributed by atoms with van der Waals surface area (Å²) in [4.78, 5) is 16.2. The number of hydrogen-bond donors (Lipinski definition) is 1. The average Bonchev–Trinajstić information content (AvgIpc) is 3.22. The monoisotopic (exact) mass is 328 g/mol. The Balaban J connectivity index is 1.80. The maximum absolute atomic E-state index is 13.0. The van der Waals surface area contributed by atoms with Crippen molar-refractivity contribution in [2.75, 3.05) is 6.54 Å². The van der Waals surface area contributed by atoms with E-state index in [0.717, 1.165) is 6.42 Å². The van der Waals surface area contributed by atoms with Crippen LogP contribution in [0.1, 0.15) is 13.3 Å². The fraction of sp³-hybridized carbons (Fsp3) is 0.235. The van der Waals surface area contributed by atoms with Gasteiger partial charge in [0.2, 0.25) is 11.7 Å². The highest BCUT2D eigenvalue weighted by Gasteiger charge is 2.15. The van der Waals surface area contributed by atoms with Crippen LogP contribution in [0, 0.1) is 5.82 Å². The number of aromatic nitrogens is 3. The van der Waals surface area contributed by atoms with E-state index in [1.165, 1.54) is 12.1 Å². The first kappa shape index (κ1) is 15.9. The lowest BCUT2D eigenvalue weighted by molar-refractivity contribution is -0.121. The molecule has 0 saturated carbocycles. The predicted octanol–water partition coefficient (Wildman–Crippen LogP) is 2.87. The van der Waals surface area contributed by atoms with Crippen LogP contribution in [-0.2, 0) is 11.3 Å². The summed E-state index contributed by atoms with van der Waals surface area (Å²) >= 11 is 0. The lowest BCUT2D eigenvalue weighted by Gasteiger charge is -2.06. The second kappa shape index (κ2) is 7.08. The molecule has 0 atom stereocenters. The molecule has 0 radical (unpaired) electrons. The number of nitrogens with one attached hydrogen (secondary N) is 1. The van der Waals surface area contributed by atoms with Gasteiger partial charge < -0.3 is 14.4 Å². The highest BCUT2D eigenvalue weighted by Crippen LogP contribution is 2.22. The Kier molecular flexibility index (Phi) is 4.69. The number of benzene rings is 1. The van der Waals surface area contributed by atoms with Crippen LogP contribution in [0.25, 0.3) is 23.0 Å². The maximum Gasteiger partial charge on any atom is 0.274 e. The molecule has 0 saturated heterocycles. The summed E-state index contributed by atoms with van der Waals surface area (Å²) in [6.07, 6.45) is 2.66. The van der Waals surface area contributed by atoms with Crippen molar-refractivity contribution in [3.05, 3.63) is 48.4 Å². The Labute approximate surface area is 138 Å². The lowest BCUT2D eigenvalue weighted by Crippen LogP contribution is -2.28. The van der Waals surface area contributed by atoms with Crippen molar-refractivity contribution in [1.82, 2.24) is 20.0 Å². The van der Waals surface area contributed by atoms with Gasteiger partial charge in [-0.2, -0.15) is 4.98 Å². The highest BCUT2D eigenvalue weighted by atomic mass is 19.1. The molecule has 7 heteroatoms. The molecule has 124 valence electrons. The molecule has 2 heterocycles. The summed E-state index contributed by atoms with van der Waals surface area (Å²) in [5.74, 6) is 0.276. The van der Waals surface area contributed by atoms with E-state index in [-0.39, 0.29) is 18.3 Å². The van der Waals surface area contributed by atoms with Crippen LogP contribution in [-0.4, -0.2) is 27.2 Å². The van der Waals surface area contributed by atoms with E-state index in [4.69, 9.17) is 4.52 Å². The van der Waals surface area contributed by atoms with Gasteiger partial charge in [0.25, 0.3) is 5.89 Å². The Morgan fingerprint density at radius 2 is 2.08 bits per heavy atom. The van der Waals surface area contributed by atoms with Crippen LogP contribution in [0.3, 0.4) is 0 Å². The van der Waals surface area contributed by atoms with E-state index in [2.05, 4.69) is 15.5 Å². The van der Waals surface area contributed by atoms with E-state index >= 15 is 0 Å². The molecule has 2 aromatic heterocycles. The van der Waals surface area contributed by atoms with Crippen LogP contribution in [0.5, 0.6) is 0 Å². The fourth-order valence-electron chi connectivity index (χ4n) is 2.26. The van der Waals surface area contributed by atoms with Crippen LogP contribution in [0.2, 0.25) is 0 Å². The number of amides is 1. The van der Waals surface area contributed by atoms with Gasteiger partial charge in [-0.15, -0.1) is 0 Å². The molecule has 0 bridgehead atoms. The zero-order valence-electron chi connectivity index (χ0n) is 13.2. The quantitative estimate of drug-likeness (QED) is 0.755. The van der Waals surface area contributed by atoms with Crippen molar-refractivity contribution in [1.29, 1.82) is 0 Å². The van der Waals surface area contributed by atoms with Crippen LogP contribution in [0.4, 0.5) is 4.39 Å². The SMILES string of the molecule is CCCNC(=O)Cn1cccc1-c1nc(-c2ccc(F)cc2)no1. The minimum atomic E-state index is -0.325. The van der Waals surface area contributed by atoms with Crippen molar-refractivity contribution in [2.45, 2.75) is 19.9 Å². The minimum Gasteiger partial charge on any atom is -0.355 e. The molecule has 0 aliphatic heterocycles. The predicted molar refractivity (Wildman–Crippen MR) is 86.4 cm³/mol. The number of carbonyl (C=O) groups excluding carboxylic acids is 1. The van der Waals surface area contributed by atoms with Crippen molar-refractivity contribution < 1.29 is 13.7 Å². The molecule has 0 fully saturated rings. The fourth-order valence-corrected chi connectivity index (χ4v) is 2.26. The Hall–Kier alpha value is -2.96. The molecule has 1 aromatic carbocycles. The first-order valence-electron chi connectivity index (χ1n) is 7.69. The number of rotatable bonds is 6. The average molecular weight is 328 g/mol. The van der Waals surface area contributed by atoms with E-state index < -0.39 is 0 Å². The van der Waals surface area contributed by atoms with E-state index in [9.17, 15) is 9.18 Å². The van der Waals surface area contributed by atoms with Gasteiger partial charge >= 0.3 is 0 Å². The normalized spacial score (nSPS) is 10.8. The zero-order chi connectivity index (χ0) is 16.9. The van der Waals surface area contributed by atoms with Gasteiger partial charge in [0.05, 0.1) is 0 Å². The zero-order valence-corrected chi connectivity index (χ0v) is 13.2. The Morgan fingerprint density at radius 3 is 2.83 bits per heavy atom. The van der Waals surface area contributed by atoms with E-state index in [1.54, 1.807) is 29.0 Å². The summed E-state index contributed by atoms with van der Waals surface area (Å²) < 4.78 is 20.0. The van der Waals surface area contributed by atoms with Crippen molar-refractivity contribution >= 4 is 5.91 Å². The van der Waals surface area contributed by atoms with Gasteiger partial charge in [-0.25, -0.2) is 4.39 Å². The van der Waals surface area contributed by atoms with Gasteiger partial charge in [-0.1, -0.05) is 12.1 Å². The first-order chi connectivity index (χ1) is 11.7. The number of carbonyl (C=O) groups is 1. The topological polar surface area (TPSA) is 73.0 Å². The molecule has 24 heavy (non-hydrogen) atoms. The highest BCUT2D eigenvalue weighted by molar-refractivity contribution is 5.76. The van der Waals surface area contributed by atoms with Gasteiger partial charge in [0.1, 0.15) is 18.1 Å². The molecule has 0 aliphatic carbocycles. The molecular weight excluding hydrogens is 311 g/mol. The second-order valence-electron chi connectivity index (χ2n) is 5.30. The maximum atomic E-state index is 13.0. The molecule has 0 unspecified atom stereocenters. The molecule has 1 N–H and O–H groups in total. The third kappa shape index (κ3) is 3.51. The van der Waals surface area contributed by atoms with Gasteiger partial charge in [0, 0.05) is 18.3 Å². The molecular formula is C17H17FN4O2. The second-order valence-corrected chi connectivity index (χ2v) is 5.30. The van der Waals surface area contributed by atoms with E-state index in [1.807, 2.05) is 13.0 Å². The van der Waals surface area contributed by atoms with Crippen LogP contribution < -0.4 is 5.32 Å². The van der Waals surface area contributed by atoms with Crippen molar-refractivity contribution in [2.24, 2.45) is 0 Å². The van der Waals surface area contributed by atoms with Gasteiger partial charge in [-0.05, 0) is 42.8 Å². The van der Waals surface area contributed by atoms with Crippen molar-refractivity contribution in [3.63, 3.8) is 0 Å². The van der Waals surface area contributed by atoms with Gasteiger partial charge in [0.15, 0.2) is 0 Å². The smallest absolute Gasteiger partial charge is 0.274 e. The molecule has 3 aromatic rings. The Bertz CT molecular complexity index is 823. The molecule has 0 aliphatic rings. The third-order valence-corrected chi connectivity index (χ3v) is 3.46.